The molecule has 3 aromatic heterocycles. The molecule has 0 aliphatic heterocycles. The molecule has 0 bridgehead atoms. The van der Waals surface area contributed by atoms with Crippen LogP contribution in [0.5, 0.6) is 0 Å². The summed E-state index contributed by atoms with van der Waals surface area (Å²) in [5, 5.41) is 3.83. The van der Waals surface area contributed by atoms with Gasteiger partial charge in [0.1, 0.15) is 22.8 Å². The van der Waals surface area contributed by atoms with Gasteiger partial charge in [-0.1, -0.05) is 0 Å². The van der Waals surface area contributed by atoms with Crippen LogP contribution >= 0.6 is 11.3 Å². The zero-order valence-corrected chi connectivity index (χ0v) is 17.8. The minimum Gasteiger partial charge on any atom is -0.302 e. The van der Waals surface area contributed by atoms with Gasteiger partial charge in [-0.2, -0.15) is 13.2 Å². The largest absolute Gasteiger partial charge is 0.422 e. The topological polar surface area (TPSA) is 110 Å². The average Bonchev–Trinajstić information content (AvgIpc) is 3.18. The highest BCUT2D eigenvalue weighted by molar-refractivity contribution is 7.14. The molecule has 0 fully saturated rings. The zero-order chi connectivity index (χ0) is 24.8. The van der Waals surface area contributed by atoms with Crippen molar-refractivity contribution in [3.63, 3.8) is 0 Å². The van der Waals surface area contributed by atoms with Crippen LogP contribution in [0.1, 0.15) is 11.1 Å². The van der Waals surface area contributed by atoms with E-state index in [4.69, 9.17) is 0 Å². The molecule has 176 valence electrons. The molecule has 0 radical (unpaired) electrons. The number of benzene rings is 1. The molecule has 34 heavy (non-hydrogen) atoms. The van der Waals surface area contributed by atoms with Crippen LogP contribution in [0.2, 0.25) is 0 Å². The Kier molecular flexibility index (Phi) is 5.77. The number of aromatic amines is 1. The third kappa shape index (κ3) is 4.31. The van der Waals surface area contributed by atoms with Gasteiger partial charge < -0.3 is 5.32 Å². The van der Waals surface area contributed by atoms with Gasteiger partial charge in [0.05, 0.1) is 17.5 Å². The number of pyridine rings is 1. The van der Waals surface area contributed by atoms with Gasteiger partial charge in [0.25, 0.3) is 5.56 Å². The lowest BCUT2D eigenvalue weighted by atomic mass is 10.1. The van der Waals surface area contributed by atoms with Gasteiger partial charge in [0.2, 0.25) is 5.91 Å². The summed E-state index contributed by atoms with van der Waals surface area (Å²) in [4.78, 5) is 47.0. The number of halogens is 5. The van der Waals surface area contributed by atoms with E-state index >= 15 is 0 Å². The van der Waals surface area contributed by atoms with Crippen molar-refractivity contribution < 1.29 is 26.7 Å². The molecular weight excluding hydrogens is 485 g/mol. The second-order valence-electron chi connectivity index (χ2n) is 7.06. The fraction of sp³-hybridized carbons (Fsp3) is 0.150. The molecule has 0 saturated heterocycles. The zero-order valence-electron chi connectivity index (χ0n) is 17.0. The van der Waals surface area contributed by atoms with Crippen LogP contribution in [-0.4, -0.2) is 25.4 Å². The highest BCUT2D eigenvalue weighted by atomic mass is 32.1. The number of thiazole rings is 1. The molecule has 0 unspecified atom stereocenters. The summed E-state index contributed by atoms with van der Waals surface area (Å²) in [7, 11) is 1.27. The summed E-state index contributed by atoms with van der Waals surface area (Å²) in [5.41, 5.74) is -3.31. The summed E-state index contributed by atoms with van der Waals surface area (Å²) < 4.78 is 66.8. The predicted octanol–water partition coefficient (Wildman–Crippen LogP) is 3.22. The number of rotatable bonds is 4. The summed E-state index contributed by atoms with van der Waals surface area (Å²) >= 11 is 0.880. The molecule has 0 spiro atoms. The van der Waals surface area contributed by atoms with E-state index in [1.807, 2.05) is 0 Å². The Morgan fingerprint density at radius 3 is 2.53 bits per heavy atom. The number of amides is 1. The van der Waals surface area contributed by atoms with Crippen LogP contribution in [0.4, 0.5) is 27.1 Å². The van der Waals surface area contributed by atoms with Crippen molar-refractivity contribution in [1.29, 1.82) is 0 Å². The molecule has 4 rings (SSSR count). The minimum atomic E-state index is -5.20. The van der Waals surface area contributed by atoms with Crippen LogP contribution in [0.25, 0.3) is 22.3 Å². The molecule has 0 aliphatic carbocycles. The summed E-state index contributed by atoms with van der Waals surface area (Å²) in [6, 6.07) is 2.45. The van der Waals surface area contributed by atoms with Gasteiger partial charge in [-0.05, 0) is 23.8 Å². The van der Waals surface area contributed by atoms with Crippen molar-refractivity contribution in [1.82, 2.24) is 19.5 Å². The number of carbonyl (C=O) groups is 1. The van der Waals surface area contributed by atoms with Gasteiger partial charge in [0.15, 0.2) is 5.13 Å². The van der Waals surface area contributed by atoms with E-state index in [0.29, 0.717) is 12.1 Å². The fourth-order valence-corrected chi connectivity index (χ4v) is 3.96. The van der Waals surface area contributed by atoms with Gasteiger partial charge >= 0.3 is 11.9 Å². The highest BCUT2D eigenvalue weighted by Gasteiger charge is 2.38. The van der Waals surface area contributed by atoms with Crippen LogP contribution < -0.4 is 16.6 Å². The second-order valence-corrected chi connectivity index (χ2v) is 7.92. The summed E-state index contributed by atoms with van der Waals surface area (Å²) in [6.45, 7) is 0. The number of aromatic nitrogens is 4. The standard InChI is InChI=1S/C20H12F5N5O3S/c1-30-17(32)14-8(2-3-26-16(14)29-19(30)33)6-13(31)28-18-27-12(7-34-18)9-4-10(21)15(11(22)5-9)20(23,24)25/h2-5,7H,6H2,1H3,(H,26,29,33)(H,27,28,31). The Balaban J connectivity index is 1.57. The highest BCUT2D eigenvalue weighted by Crippen LogP contribution is 2.36. The van der Waals surface area contributed by atoms with Crippen LogP contribution in [0, 0.1) is 11.6 Å². The van der Waals surface area contributed by atoms with Crippen LogP contribution in [-0.2, 0) is 24.4 Å². The number of alkyl halides is 3. The first-order valence-electron chi connectivity index (χ1n) is 9.34. The van der Waals surface area contributed by atoms with Gasteiger partial charge in [-0.15, -0.1) is 11.3 Å². The van der Waals surface area contributed by atoms with Crippen molar-refractivity contribution >= 4 is 33.4 Å². The van der Waals surface area contributed by atoms with E-state index < -0.39 is 40.5 Å². The van der Waals surface area contributed by atoms with Crippen molar-refractivity contribution in [2.75, 3.05) is 5.32 Å². The first-order valence-corrected chi connectivity index (χ1v) is 10.2. The molecule has 8 nitrogen and oxygen atoms in total. The molecule has 4 aromatic rings. The first kappa shape index (κ1) is 23.2. The smallest absolute Gasteiger partial charge is 0.302 e. The fourth-order valence-electron chi connectivity index (χ4n) is 3.22. The molecule has 3 heterocycles. The molecule has 1 amide bonds. The molecule has 1 aromatic carbocycles. The normalized spacial score (nSPS) is 11.7. The maximum atomic E-state index is 13.9. The molecule has 2 N–H and O–H groups in total. The van der Waals surface area contributed by atoms with E-state index in [-0.39, 0.29) is 39.4 Å². The molecule has 0 aliphatic rings. The Hall–Kier alpha value is -3.94. The maximum absolute atomic E-state index is 13.9. The number of nitrogens with zero attached hydrogens (tertiary/aromatic N) is 3. The van der Waals surface area contributed by atoms with E-state index in [9.17, 15) is 36.3 Å². The van der Waals surface area contributed by atoms with Crippen molar-refractivity contribution in [2.45, 2.75) is 12.6 Å². The molecular formula is C20H12F5N5O3S. The summed E-state index contributed by atoms with van der Waals surface area (Å²) in [5.74, 6) is -4.18. The molecule has 14 heteroatoms. The van der Waals surface area contributed by atoms with E-state index in [2.05, 4.69) is 20.3 Å². The van der Waals surface area contributed by atoms with Gasteiger partial charge in [-0.3, -0.25) is 19.1 Å². The van der Waals surface area contributed by atoms with Crippen molar-refractivity contribution in [3.05, 3.63) is 73.4 Å². The monoisotopic (exact) mass is 497 g/mol. The van der Waals surface area contributed by atoms with E-state index in [0.717, 1.165) is 15.9 Å². The number of hydrogen-bond donors (Lipinski definition) is 2. The first-order chi connectivity index (χ1) is 16.0. The number of hydrogen-bond acceptors (Lipinski definition) is 6. The van der Waals surface area contributed by atoms with Crippen LogP contribution in [0.3, 0.4) is 0 Å². The van der Waals surface area contributed by atoms with E-state index in [1.54, 1.807) is 0 Å². The number of anilines is 1. The number of carbonyl (C=O) groups excluding carboxylic acids is 1. The maximum Gasteiger partial charge on any atom is 0.422 e. The lowest BCUT2D eigenvalue weighted by molar-refractivity contribution is -0.142. The average molecular weight is 497 g/mol. The number of nitrogens with one attached hydrogen (secondary N) is 2. The quantitative estimate of drug-likeness (QED) is 0.421. The van der Waals surface area contributed by atoms with Gasteiger partial charge in [0, 0.05) is 24.2 Å². The van der Waals surface area contributed by atoms with Crippen molar-refractivity contribution in [3.8, 4) is 11.3 Å². The molecule has 0 saturated carbocycles. The summed E-state index contributed by atoms with van der Waals surface area (Å²) in [6.07, 6.45) is -4.17. The second kappa shape index (κ2) is 8.44. The Morgan fingerprint density at radius 1 is 1.21 bits per heavy atom. The Morgan fingerprint density at radius 2 is 1.88 bits per heavy atom. The van der Waals surface area contributed by atoms with Gasteiger partial charge in [-0.25, -0.2) is 23.5 Å². The molecule has 0 atom stereocenters. The predicted molar refractivity (Wildman–Crippen MR) is 112 cm³/mol. The number of fused-ring (bicyclic) bond motifs is 1. The third-order valence-electron chi connectivity index (χ3n) is 4.81. The Bertz CT molecular complexity index is 1530. The van der Waals surface area contributed by atoms with Crippen LogP contribution in [0.15, 0.2) is 39.4 Å². The SMILES string of the molecule is Cn1c(=O)[nH]c2nccc(CC(=O)Nc3nc(-c4cc(F)c(C(F)(F)F)c(F)c4)cs3)c2c1=O. The Labute approximate surface area is 189 Å². The minimum absolute atomic E-state index is 0.0142. The lowest BCUT2D eigenvalue weighted by Crippen LogP contribution is -2.33. The lowest BCUT2D eigenvalue weighted by Gasteiger charge is -2.10. The van der Waals surface area contributed by atoms with E-state index in [1.165, 1.54) is 24.7 Å². The number of H-pyrrole nitrogens is 1. The van der Waals surface area contributed by atoms with Crippen molar-refractivity contribution in [2.24, 2.45) is 7.05 Å². The third-order valence-corrected chi connectivity index (χ3v) is 5.57.